The lowest BCUT2D eigenvalue weighted by atomic mass is 9.76. The molecule has 3 aliphatic rings. The molecule has 1 saturated carbocycles. The number of rotatable bonds is 0. The minimum Gasteiger partial charge on any atom is -0.366 e. The summed E-state index contributed by atoms with van der Waals surface area (Å²) < 4.78 is 0. The van der Waals surface area contributed by atoms with Crippen molar-refractivity contribution in [3.63, 3.8) is 0 Å². The number of nitrogens with one attached hydrogen (secondary N) is 1. The Morgan fingerprint density at radius 1 is 1.11 bits per heavy atom. The number of nitrogens with zero attached hydrogens (tertiary/aromatic N) is 1. The van der Waals surface area contributed by atoms with E-state index in [0.29, 0.717) is 0 Å². The van der Waals surface area contributed by atoms with E-state index in [9.17, 15) is 0 Å². The van der Waals surface area contributed by atoms with Gasteiger partial charge in [-0.05, 0) is 36.3 Å². The summed E-state index contributed by atoms with van der Waals surface area (Å²) >= 11 is 0. The maximum Gasteiger partial charge on any atom is 0.0447 e. The number of para-hydroxylation sites is 1. The van der Waals surface area contributed by atoms with Crippen LogP contribution < -0.4 is 10.2 Å². The molecule has 2 heterocycles. The topological polar surface area (TPSA) is 15.3 Å². The largest absolute Gasteiger partial charge is 0.366 e. The van der Waals surface area contributed by atoms with Gasteiger partial charge in [0.1, 0.15) is 0 Å². The normalized spacial score (nSPS) is 30.3. The Bertz CT molecular complexity index is 454. The van der Waals surface area contributed by atoms with Crippen molar-refractivity contribution >= 4 is 5.69 Å². The molecule has 96 valence electrons. The van der Waals surface area contributed by atoms with Crippen LogP contribution in [0.25, 0.3) is 0 Å². The minimum absolute atomic E-state index is 0.826. The van der Waals surface area contributed by atoms with Gasteiger partial charge in [-0.3, -0.25) is 0 Å². The third kappa shape index (κ3) is 1.58. The lowest BCUT2D eigenvalue weighted by molar-refractivity contribution is 0.280. The van der Waals surface area contributed by atoms with Crippen LogP contribution in [0.4, 0.5) is 5.69 Å². The molecule has 0 unspecified atom stereocenters. The fourth-order valence-corrected chi connectivity index (χ4v) is 4.31. The average Bonchev–Trinajstić information content (AvgIpc) is 2.63. The van der Waals surface area contributed by atoms with Crippen molar-refractivity contribution in [1.29, 1.82) is 0 Å². The molecule has 0 bridgehead atoms. The second-order valence-corrected chi connectivity index (χ2v) is 6.11. The van der Waals surface area contributed by atoms with Crippen LogP contribution >= 0.6 is 0 Å². The molecule has 1 aromatic rings. The van der Waals surface area contributed by atoms with E-state index < -0.39 is 0 Å². The molecule has 18 heavy (non-hydrogen) atoms. The molecule has 2 atom stereocenters. The zero-order valence-corrected chi connectivity index (χ0v) is 11.0. The standard InChI is InChI=1S/C16H22N2/c1-2-7-15-12(4-1)10-13-5-3-6-14-11-17-8-9-18(15)16(13)14/h3,5-6,12,15,17H,1-2,4,7-11H2/t12-,15-/m1/s1. The van der Waals surface area contributed by atoms with Gasteiger partial charge >= 0.3 is 0 Å². The summed E-state index contributed by atoms with van der Waals surface area (Å²) in [6.45, 7) is 3.39. The molecular weight excluding hydrogens is 220 g/mol. The maximum absolute atomic E-state index is 3.58. The second kappa shape index (κ2) is 4.27. The Morgan fingerprint density at radius 2 is 2.00 bits per heavy atom. The van der Waals surface area contributed by atoms with Gasteiger partial charge in [-0.1, -0.05) is 31.0 Å². The van der Waals surface area contributed by atoms with Crippen LogP contribution in [0.1, 0.15) is 36.8 Å². The summed E-state index contributed by atoms with van der Waals surface area (Å²) in [4.78, 5) is 2.75. The van der Waals surface area contributed by atoms with Gasteiger partial charge < -0.3 is 10.2 Å². The molecule has 0 saturated heterocycles. The summed E-state index contributed by atoms with van der Waals surface area (Å²) in [5, 5.41) is 3.58. The predicted molar refractivity (Wildman–Crippen MR) is 74.9 cm³/mol. The van der Waals surface area contributed by atoms with Gasteiger partial charge in [0, 0.05) is 31.4 Å². The highest BCUT2D eigenvalue weighted by Gasteiger charge is 2.37. The van der Waals surface area contributed by atoms with Crippen molar-refractivity contribution in [2.24, 2.45) is 5.92 Å². The molecule has 2 aliphatic heterocycles. The van der Waals surface area contributed by atoms with Crippen molar-refractivity contribution in [3.8, 4) is 0 Å². The molecular formula is C16H22N2. The first-order valence-corrected chi connectivity index (χ1v) is 7.51. The van der Waals surface area contributed by atoms with Gasteiger partial charge in [0.2, 0.25) is 0 Å². The summed E-state index contributed by atoms with van der Waals surface area (Å²) in [5.41, 5.74) is 4.72. The first kappa shape index (κ1) is 10.9. The van der Waals surface area contributed by atoms with Gasteiger partial charge in [-0.25, -0.2) is 0 Å². The van der Waals surface area contributed by atoms with Crippen molar-refractivity contribution in [2.45, 2.75) is 44.7 Å². The molecule has 2 heteroatoms. The predicted octanol–water partition coefficient (Wildman–Crippen LogP) is 2.71. The molecule has 1 aliphatic carbocycles. The van der Waals surface area contributed by atoms with Crippen LogP contribution in [0.15, 0.2) is 18.2 Å². The molecule has 0 radical (unpaired) electrons. The molecule has 4 rings (SSSR count). The van der Waals surface area contributed by atoms with E-state index in [1.807, 2.05) is 0 Å². The van der Waals surface area contributed by atoms with Gasteiger partial charge in [0.25, 0.3) is 0 Å². The molecule has 0 spiro atoms. The zero-order chi connectivity index (χ0) is 11.9. The zero-order valence-electron chi connectivity index (χ0n) is 11.0. The van der Waals surface area contributed by atoms with E-state index in [1.165, 1.54) is 44.2 Å². The lowest BCUT2D eigenvalue weighted by Crippen LogP contribution is -2.48. The first-order valence-electron chi connectivity index (χ1n) is 7.51. The Balaban J connectivity index is 1.82. The Labute approximate surface area is 109 Å². The Morgan fingerprint density at radius 3 is 3.00 bits per heavy atom. The summed E-state index contributed by atoms with van der Waals surface area (Å²) in [6.07, 6.45) is 7.06. The quantitative estimate of drug-likeness (QED) is 0.752. The second-order valence-electron chi connectivity index (χ2n) is 6.11. The highest BCUT2D eigenvalue weighted by molar-refractivity contribution is 5.63. The highest BCUT2D eigenvalue weighted by Crippen LogP contribution is 2.42. The van der Waals surface area contributed by atoms with Gasteiger partial charge in [-0.2, -0.15) is 0 Å². The van der Waals surface area contributed by atoms with E-state index in [1.54, 1.807) is 11.3 Å². The average molecular weight is 242 g/mol. The van der Waals surface area contributed by atoms with Crippen LogP contribution in [-0.2, 0) is 13.0 Å². The third-order valence-electron chi connectivity index (χ3n) is 5.09. The van der Waals surface area contributed by atoms with Gasteiger partial charge in [0.05, 0.1) is 0 Å². The van der Waals surface area contributed by atoms with Gasteiger partial charge in [0.15, 0.2) is 0 Å². The molecule has 1 N–H and O–H groups in total. The van der Waals surface area contributed by atoms with Crippen molar-refractivity contribution in [2.75, 3.05) is 18.0 Å². The van der Waals surface area contributed by atoms with E-state index in [-0.39, 0.29) is 0 Å². The fraction of sp³-hybridized carbons (Fsp3) is 0.625. The SMILES string of the molecule is c1cc2c3c(c1)C[C@H]1CCCC[C@H]1N3CCNC2. The number of fused-ring (bicyclic) bond motifs is 2. The first-order chi connectivity index (χ1) is 8.93. The number of hydrogen-bond acceptors (Lipinski definition) is 2. The molecule has 2 nitrogen and oxygen atoms in total. The fourth-order valence-electron chi connectivity index (χ4n) is 4.31. The maximum atomic E-state index is 3.58. The Hall–Kier alpha value is -1.02. The van der Waals surface area contributed by atoms with Gasteiger partial charge in [-0.15, -0.1) is 0 Å². The van der Waals surface area contributed by atoms with Crippen molar-refractivity contribution in [1.82, 2.24) is 5.32 Å². The Kier molecular flexibility index (Phi) is 2.58. The van der Waals surface area contributed by atoms with Crippen LogP contribution in [0, 0.1) is 5.92 Å². The van der Waals surface area contributed by atoms with Crippen LogP contribution in [-0.4, -0.2) is 19.1 Å². The number of hydrogen-bond donors (Lipinski definition) is 1. The highest BCUT2D eigenvalue weighted by atomic mass is 15.2. The van der Waals surface area contributed by atoms with Crippen LogP contribution in [0.2, 0.25) is 0 Å². The molecule has 0 aromatic heterocycles. The minimum atomic E-state index is 0.826. The van der Waals surface area contributed by atoms with Crippen LogP contribution in [0.3, 0.4) is 0 Å². The third-order valence-corrected chi connectivity index (χ3v) is 5.09. The molecule has 1 aromatic carbocycles. The number of anilines is 1. The van der Waals surface area contributed by atoms with Crippen molar-refractivity contribution in [3.05, 3.63) is 29.3 Å². The van der Waals surface area contributed by atoms with E-state index >= 15 is 0 Å². The van der Waals surface area contributed by atoms with E-state index in [2.05, 4.69) is 28.4 Å². The van der Waals surface area contributed by atoms with Crippen molar-refractivity contribution < 1.29 is 0 Å². The van der Waals surface area contributed by atoms with E-state index in [0.717, 1.165) is 25.0 Å². The summed E-state index contributed by atoms with van der Waals surface area (Å²) in [7, 11) is 0. The summed E-state index contributed by atoms with van der Waals surface area (Å²) in [5.74, 6) is 0.916. The molecule has 1 fully saturated rings. The number of benzene rings is 1. The lowest BCUT2D eigenvalue weighted by Gasteiger charge is -2.46. The van der Waals surface area contributed by atoms with E-state index in [4.69, 9.17) is 0 Å². The monoisotopic (exact) mass is 242 g/mol. The smallest absolute Gasteiger partial charge is 0.0447 e. The summed E-state index contributed by atoms with van der Waals surface area (Å²) in [6, 6.07) is 7.75. The van der Waals surface area contributed by atoms with Crippen LogP contribution in [0.5, 0.6) is 0 Å². The molecule has 0 amide bonds.